The summed E-state index contributed by atoms with van der Waals surface area (Å²) in [6.45, 7) is 0.293. The normalized spacial score (nSPS) is 14.2. The maximum Gasteiger partial charge on any atom is 0.272 e. The van der Waals surface area contributed by atoms with Gasteiger partial charge >= 0.3 is 0 Å². The van der Waals surface area contributed by atoms with Gasteiger partial charge in [0, 0.05) is 24.5 Å². The van der Waals surface area contributed by atoms with E-state index in [-0.39, 0.29) is 23.5 Å². The molecule has 2 heterocycles. The second-order valence-electron chi connectivity index (χ2n) is 6.80. The van der Waals surface area contributed by atoms with Crippen molar-refractivity contribution in [3.63, 3.8) is 0 Å². The number of carbonyl (C=O) groups excluding carboxylic acids is 1. The van der Waals surface area contributed by atoms with Crippen LogP contribution in [0.1, 0.15) is 41.7 Å². The number of nitrogens with one attached hydrogen (secondary N) is 1. The maximum absolute atomic E-state index is 13.4. The van der Waals surface area contributed by atoms with Crippen molar-refractivity contribution >= 4 is 5.91 Å². The Morgan fingerprint density at radius 3 is 2.89 bits per heavy atom. The molecule has 6 nitrogen and oxygen atoms in total. The molecule has 2 aromatic heterocycles. The first-order valence-electron chi connectivity index (χ1n) is 9.39. The molecule has 28 heavy (non-hydrogen) atoms. The third-order valence-corrected chi connectivity index (χ3v) is 4.76. The van der Waals surface area contributed by atoms with Gasteiger partial charge < -0.3 is 10.1 Å². The number of halogens is 1. The second-order valence-corrected chi connectivity index (χ2v) is 6.80. The van der Waals surface area contributed by atoms with Crippen LogP contribution in [0.15, 0.2) is 54.9 Å². The quantitative estimate of drug-likeness (QED) is 0.709. The van der Waals surface area contributed by atoms with Crippen LogP contribution in [0.25, 0.3) is 5.69 Å². The van der Waals surface area contributed by atoms with E-state index in [1.165, 1.54) is 29.7 Å². The smallest absolute Gasteiger partial charge is 0.272 e. The Hall–Kier alpha value is -3.22. The molecule has 1 fully saturated rings. The van der Waals surface area contributed by atoms with Gasteiger partial charge in [0.25, 0.3) is 5.91 Å². The van der Waals surface area contributed by atoms with Crippen LogP contribution in [-0.4, -0.2) is 26.8 Å². The van der Waals surface area contributed by atoms with Gasteiger partial charge in [-0.2, -0.15) is 5.10 Å². The van der Waals surface area contributed by atoms with Gasteiger partial charge in [0.05, 0.1) is 5.69 Å². The summed E-state index contributed by atoms with van der Waals surface area (Å²) in [6.07, 6.45) is 7.96. The van der Waals surface area contributed by atoms with Crippen molar-refractivity contribution in [3.8, 4) is 11.6 Å². The van der Waals surface area contributed by atoms with E-state index >= 15 is 0 Å². The Morgan fingerprint density at radius 1 is 1.21 bits per heavy atom. The molecule has 0 saturated heterocycles. The summed E-state index contributed by atoms with van der Waals surface area (Å²) in [6, 6.07) is 11.3. The highest BCUT2D eigenvalue weighted by atomic mass is 19.1. The SMILES string of the molecule is O=C(NCc1cccnc1OC1CCCC1)c1ccn(-c2cccc(F)c2)n1. The van der Waals surface area contributed by atoms with Crippen molar-refractivity contribution in [1.29, 1.82) is 0 Å². The number of aromatic nitrogens is 3. The first-order valence-corrected chi connectivity index (χ1v) is 9.39. The number of hydrogen-bond acceptors (Lipinski definition) is 4. The number of hydrogen-bond donors (Lipinski definition) is 1. The summed E-state index contributed by atoms with van der Waals surface area (Å²) in [4.78, 5) is 16.8. The molecule has 1 amide bonds. The minimum Gasteiger partial charge on any atom is -0.474 e. The Bertz CT molecular complexity index is 966. The third-order valence-electron chi connectivity index (χ3n) is 4.76. The molecule has 1 aliphatic rings. The minimum absolute atomic E-state index is 0.200. The number of amides is 1. The summed E-state index contributed by atoms with van der Waals surface area (Å²) >= 11 is 0. The van der Waals surface area contributed by atoms with E-state index in [1.54, 1.807) is 30.6 Å². The molecule has 144 valence electrons. The molecule has 0 bridgehead atoms. The summed E-state index contributed by atoms with van der Waals surface area (Å²) in [5.74, 6) is -0.101. The number of nitrogens with zero attached hydrogens (tertiary/aromatic N) is 3. The van der Waals surface area contributed by atoms with Gasteiger partial charge in [-0.3, -0.25) is 4.79 Å². The third kappa shape index (κ3) is 4.19. The lowest BCUT2D eigenvalue weighted by molar-refractivity contribution is 0.0945. The first kappa shape index (κ1) is 18.2. The predicted octanol–water partition coefficient (Wildman–Crippen LogP) is 3.66. The van der Waals surface area contributed by atoms with E-state index in [4.69, 9.17) is 4.74 Å². The van der Waals surface area contributed by atoms with Crippen LogP contribution in [0.2, 0.25) is 0 Å². The van der Waals surface area contributed by atoms with Gasteiger partial charge in [-0.05, 0) is 56.0 Å². The van der Waals surface area contributed by atoms with Crippen LogP contribution in [0.5, 0.6) is 5.88 Å². The topological polar surface area (TPSA) is 69.0 Å². The van der Waals surface area contributed by atoms with Crippen molar-refractivity contribution in [3.05, 3.63) is 71.9 Å². The molecule has 0 aliphatic heterocycles. The van der Waals surface area contributed by atoms with Crippen LogP contribution >= 0.6 is 0 Å². The van der Waals surface area contributed by atoms with Crippen molar-refractivity contribution in [2.24, 2.45) is 0 Å². The largest absolute Gasteiger partial charge is 0.474 e. The molecule has 1 aliphatic carbocycles. The second kappa shape index (κ2) is 8.21. The fourth-order valence-electron chi connectivity index (χ4n) is 3.30. The van der Waals surface area contributed by atoms with Gasteiger partial charge in [-0.15, -0.1) is 0 Å². The van der Waals surface area contributed by atoms with Crippen molar-refractivity contribution in [2.45, 2.75) is 38.3 Å². The molecule has 1 aromatic carbocycles. The molecular weight excluding hydrogens is 359 g/mol. The highest BCUT2D eigenvalue weighted by molar-refractivity contribution is 5.92. The molecule has 0 spiro atoms. The Balaban J connectivity index is 1.41. The number of pyridine rings is 1. The molecule has 0 atom stereocenters. The number of ether oxygens (including phenoxy) is 1. The molecule has 3 aromatic rings. The van der Waals surface area contributed by atoms with Gasteiger partial charge in [0.2, 0.25) is 5.88 Å². The van der Waals surface area contributed by atoms with E-state index in [0.29, 0.717) is 18.1 Å². The Labute approximate surface area is 162 Å². The molecular formula is C21H21FN4O2. The van der Waals surface area contributed by atoms with Crippen molar-refractivity contribution in [1.82, 2.24) is 20.1 Å². The lowest BCUT2D eigenvalue weighted by Gasteiger charge is -2.15. The molecule has 4 rings (SSSR count). The average molecular weight is 380 g/mol. The molecule has 7 heteroatoms. The van der Waals surface area contributed by atoms with Crippen LogP contribution in [0, 0.1) is 5.82 Å². The number of carbonyl (C=O) groups is 1. The lowest BCUT2D eigenvalue weighted by atomic mass is 10.2. The van der Waals surface area contributed by atoms with E-state index in [2.05, 4.69) is 15.4 Å². The zero-order chi connectivity index (χ0) is 19.3. The van der Waals surface area contributed by atoms with Crippen LogP contribution in [0.4, 0.5) is 4.39 Å². The Morgan fingerprint density at radius 2 is 2.07 bits per heavy atom. The van der Waals surface area contributed by atoms with Gasteiger partial charge in [-0.1, -0.05) is 12.1 Å². The van der Waals surface area contributed by atoms with Gasteiger partial charge in [-0.25, -0.2) is 14.1 Å². The zero-order valence-electron chi connectivity index (χ0n) is 15.3. The van der Waals surface area contributed by atoms with E-state index in [0.717, 1.165) is 18.4 Å². The number of rotatable bonds is 6. The summed E-state index contributed by atoms with van der Waals surface area (Å²) < 4.78 is 20.8. The lowest BCUT2D eigenvalue weighted by Crippen LogP contribution is -2.24. The summed E-state index contributed by atoms with van der Waals surface area (Å²) in [5, 5.41) is 7.08. The monoisotopic (exact) mass is 380 g/mol. The van der Waals surface area contributed by atoms with E-state index in [1.807, 2.05) is 12.1 Å². The molecule has 1 saturated carbocycles. The van der Waals surface area contributed by atoms with Crippen LogP contribution < -0.4 is 10.1 Å². The summed E-state index contributed by atoms with van der Waals surface area (Å²) in [7, 11) is 0. The van der Waals surface area contributed by atoms with E-state index in [9.17, 15) is 9.18 Å². The molecule has 0 unspecified atom stereocenters. The van der Waals surface area contributed by atoms with Crippen molar-refractivity contribution < 1.29 is 13.9 Å². The fraction of sp³-hybridized carbons (Fsp3) is 0.286. The highest BCUT2D eigenvalue weighted by Crippen LogP contribution is 2.25. The minimum atomic E-state index is -0.356. The maximum atomic E-state index is 13.4. The molecule has 1 N–H and O–H groups in total. The fourth-order valence-corrected chi connectivity index (χ4v) is 3.30. The van der Waals surface area contributed by atoms with Crippen molar-refractivity contribution in [2.75, 3.05) is 0 Å². The summed E-state index contributed by atoms with van der Waals surface area (Å²) in [5.41, 5.74) is 1.64. The molecule has 0 radical (unpaired) electrons. The average Bonchev–Trinajstić information content (AvgIpc) is 3.39. The Kier molecular flexibility index (Phi) is 5.32. The van der Waals surface area contributed by atoms with Gasteiger partial charge in [0.1, 0.15) is 11.9 Å². The van der Waals surface area contributed by atoms with E-state index < -0.39 is 0 Å². The highest BCUT2D eigenvalue weighted by Gasteiger charge is 2.19. The van der Waals surface area contributed by atoms with Crippen LogP contribution in [0.3, 0.4) is 0 Å². The number of benzene rings is 1. The van der Waals surface area contributed by atoms with Crippen LogP contribution in [-0.2, 0) is 6.54 Å². The van der Waals surface area contributed by atoms with Gasteiger partial charge in [0.15, 0.2) is 5.69 Å². The zero-order valence-corrected chi connectivity index (χ0v) is 15.3. The first-order chi connectivity index (χ1) is 13.7. The predicted molar refractivity (Wildman–Crippen MR) is 102 cm³/mol. The standard InChI is InChI=1S/C21H21FN4O2/c22-16-6-3-7-17(13-16)26-12-10-19(25-26)20(27)24-14-15-5-4-11-23-21(15)28-18-8-1-2-9-18/h3-7,10-13,18H,1-2,8-9,14H2,(H,24,27).